The molecule has 1 heterocycles. The van der Waals surface area contributed by atoms with Gasteiger partial charge in [-0.3, -0.25) is 4.79 Å². The minimum atomic E-state index is -1.26. The second-order valence-electron chi connectivity index (χ2n) is 6.55. The van der Waals surface area contributed by atoms with Crippen molar-refractivity contribution in [2.24, 2.45) is 0 Å². The molecule has 2 aromatic carbocycles. The summed E-state index contributed by atoms with van der Waals surface area (Å²) >= 11 is 0. The highest BCUT2D eigenvalue weighted by atomic mass is 16.7. The van der Waals surface area contributed by atoms with Crippen molar-refractivity contribution < 1.29 is 38.1 Å². The minimum Gasteiger partial charge on any atom is -0.497 e. The number of rotatable bonds is 11. The number of carboxylic acid groups (broad SMARTS) is 1. The Morgan fingerprint density at radius 3 is 2.68 bits per heavy atom. The fraction of sp³-hybridized carbons (Fsp3) is 0.273. The molecule has 9 nitrogen and oxygen atoms in total. The number of carbonyl (C=O) groups is 2. The Kier molecular flexibility index (Phi) is 7.47. The lowest BCUT2D eigenvalue weighted by atomic mass is 10.2. The quantitative estimate of drug-likeness (QED) is 0.447. The van der Waals surface area contributed by atoms with E-state index in [0.717, 1.165) is 5.56 Å². The number of carbonyl (C=O) groups excluding carboxylic acids is 1. The van der Waals surface area contributed by atoms with Crippen LogP contribution in [0.1, 0.15) is 16.1 Å². The second-order valence-corrected chi connectivity index (χ2v) is 6.55. The lowest BCUT2D eigenvalue weighted by molar-refractivity contribution is -0.141. The summed E-state index contributed by atoms with van der Waals surface area (Å²) < 4.78 is 26.5. The van der Waals surface area contributed by atoms with Crippen LogP contribution in [0.2, 0.25) is 0 Å². The third kappa shape index (κ3) is 5.74. The summed E-state index contributed by atoms with van der Waals surface area (Å²) in [5.74, 6) is -0.706. The molecule has 1 amide bonds. The van der Waals surface area contributed by atoms with E-state index in [1.165, 1.54) is 20.3 Å². The maximum Gasteiger partial charge on any atom is 0.328 e. The van der Waals surface area contributed by atoms with Gasteiger partial charge in [-0.05, 0) is 30.3 Å². The largest absolute Gasteiger partial charge is 0.497 e. The van der Waals surface area contributed by atoms with Crippen molar-refractivity contribution in [3.05, 3.63) is 59.9 Å². The van der Waals surface area contributed by atoms with Gasteiger partial charge in [-0.1, -0.05) is 18.2 Å². The Labute approximate surface area is 178 Å². The molecule has 0 radical (unpaired) electrons. The highest BCUT2D eigenvalue weighted by Crippen LogP contribution is 2.24. The molecule has 1 atom stereocenters. The van der Waals surface area contributed by atoms with Crippen LogP contribution in [-0.4, -0.2) is 50.6 Å². The minimum absolute atomic E-state index is 0.00665. The molecule has 3 rings (SSSR count). The SMILES string of the molecule is COCOc1ccccc1COCC(NC(=O)c1cc2cc(OC)ccc2o1)C(=O)O. The number of carboxylic acids is 1. The molecule has 0 aliphatic carbocycles. The van der Waals surface area contributed by atoms with Gasteiger partial charge in [0.25, 0.3) is 5.91 Å². The number of aliphatic carboxylic acids is 1. The van der Waals surface area contributed by atoms with Crippen molar-refractivity contribution in [3.8, 4) is 11.5 Å². The predicted molar refractivity (Wildman–Crippen MR) is 110 cm³/mol. The molecule has 1 aromatic heterocycles. The van der Waals surface area contributed by atoms with Crippen LogP contribution >= 0.6 is 0 Å². The first-order valence-electron chi connectivity index (χ1n) is 9.40. The van der Waals surface area contributed by atoms with Gasteiger partial charge in [0.15, 0.2) is 18.6 Å². The third-order valence-electron chi connectivity index (χ3n) is 4.40. The number of methoxy groups -OCH3 is 2. The van der Waals surface area contributed by atoms with Gasteiger partial charge in [-0.25, -0.2) is 4.79 Å². The number of benzene rings is 2. The van der Waals surface area contributed by atoms with E-state index in [1.807, 2.05) is 6.07 Å². The van der Waals surface area contributed by atoms with Crippen LogP contribution in [0.15, 0.2) is 52.9 Å². The van der Waals surface area contributed by atoms with Gasteiger partial charge >= 0.3 is 5.97 Å². The summed E-state index contributed by atoms with van der Waals surface area (Å²) in [4.78, 5) is 24.1. The number of hydrogen-bond acceptors (Lipinski definition) is 7. The molecular formula is C22H23NO8. The molecular weight excluding hydrogens is 406 g/mol. The first-order chi connectivity index (χ1) is 15.0. The van der Waals surface area contributed by atoms with Crippen LogP contribution in [0.3, 0.4) is 0 Å². The highest BCUT2D eigenvalue weighted by Gasteiger charge is 2.23. The van der Waals surface area contributed by atoms with Crippen molar-refractivity contribution >= 4 is 22.8 Å². The van der Waals surface area contributed by atoms with E-state index in [0.29, 0.717) is 22.5 Å². The van der Waals surface area contributed by atoms with Crippen molar-refractivity contribution in [2.75, 3.05) is 27.6 Å². The topological polar surface area (TPSA) is 116 Å². The van der Waals surface area contributed by atoms with Crippen molar-refractivity contribution in [1.82, 2.24) is 5.32 Å². The van der Waals surface area contributed by atoms with Crippen molar-refractivity contribution in [2.45, 2.75) is 12.6 Å². The molecule has 3 aromatic rings. The average Bonchev–Trinajstić information content (AvgIpc) is 3.21. The van der Waals surface area contributed by atoms with E-state index in [2.05, 4.69) is 5.32 Å². The number of fused-ring (bicyclic) bond motifs is 1. The van der Waals surface area contributed by atoms with E-state index in [-0.39, 0.29) is 25.8 Å². The van der Waals surface area contributed by atoms with Gasteiger partial charge < -0.3 is 33.8 Å². The number of hydrogen-bond donors (Lipinski definition) is 2. The van der Waals surface area contributed by atoms with E-state index < -0.39 is 17.9 Å². The van der Waals surface area contributed by atoms with Crippen LogP contribution in [0.5, 0.6) is 11.5 Å². The predicted octanol–water partition coefficient (Wildman–Crippen LogP) is 2.82. The molecule has 0 fully saturated rings. The molecule has 0 saturated heterocycles. The van der Waals surface area contributed by atoms with E-state index in [1.54, 1.807) is 36.4 Å². The molecule has 2 N–H and O–H groups in total. The number of furan rings is 1. The van der Waals surface area contributed by atoms with Crippen LogP contribution in [0.25, 0.3) is 11.0 Å². The Morgan fingerprint density at radius 2 is 1.94 bits per heavy atom. The van der Waals surface area contributed by atoms with E-state index >= 15 is 0 Å². The first kappa shape index (κ1) is 22.1. The molecule has 0 bridgehead atoms. The molecule has 0 spiro atoms. The lowest BCUT2D eigenvalue weighted by Gasteiger charge is -2.15. The zero-order chi connectivity index (χ0) is 22.2. The molecule has 0 aliphatic rings. The monoisotopic (exact) mass is 429 g/mol. The summed E-state index contributed by atoms with van der Waals surface area (Å²) in [6.45, 7) is -0.0636. The van der Waals surface area contributed by atoms with Crippen LogP contribution in [-0.2, 0) is 20.9 Å². The summed E-state index contributed by atoms with van der Waals surface area (Å²) in [7, 11) is 3.05. The summed E-state index contributed by atoms with van der Waals surface area (Å²) in [6.07, 6.45) is 0. The fourth-order valence-electron chi connectivity index (χ4n) is 2.84. The molecule has 1 unspecified atom stereocenters. The normalized spacial score (nSPS) is 11.8. The van der Waals surface area contributed by atoms with Crippen LogP contribution < -0.4 is 14.8 Å². The van der Waals surface area contributed by atoms with E-state index in [4.69, 9.17) is 23.4 Å². The second kappa shape index (κ2) is 10.5. The Hall–Kier alpha value is -3.56. The number of ether oxygens (including phenoxy) is 4. The van der Waals surface area contributed by atoms with Gasteiger partial charge in [-0.15, -0.1) is 0 Å². The smallest absolute Gasteiger partial charge is 0.328 e. The Balaban J connectivity index is 1.61. The first-order valence-corrected chi connectivity index (χ1v) is 9.40. The molecule has 31 heavy (non-hydrogen) atoms. The van der Waals surface area contributed by atoms with E-state index in [9.17, 15) is 14.7 Å². The Morgan fingerprint density at radius 1 is 1.13 bits per heavy atom. The Bertz CT molecular complexity index is 1040. The van der Waals surface area contributed by atoms with Gasteiger partial charge in [0, 0.05) is 18.1 Å². The lowest BCUT2D eigenvalue weighted by Crippen LogP contribution is -2.43. The highest BCUT2D eigenvalue weighted by molar-refractivity contribution is 5.98. The van der Waals surface area contributed by atoms with Gasteiger partial charge in [-0.2, -0.15) is 0 Å². The van der Waals surface area contributed by atoms with Crippen LogP contribution in [0, 0.1) is 0 Å². The maximum absolute atomic E-state index is 12.5. The third-order valence-corrected chi connectivity index (χ3v) is 4.40. The molecule has 164 valence electrons. The van der Waals surface area contributed by atoms with Crippen molar-refractivity contribution in [3.63, 3.8) is 0 Å². The maximum atomic E-state index is 12.5. The zero-order valence-corrected chi connectivity index (χ0v) is 17.1. The summed E-state index contributed by atoms with van der Waals surface area (Å²) in [5, 5.41) is 12.5. The van der Waals surface area contributed by atoms with Gasteiger partial charge in [0.2, 0.25) is 0 Å². The fourth-order valence-corrected chi connectivity index (χ4v) is 2.84. The van der Waals surface area contributed by atoms with Crippen molar-refractivity contribution in [1.29, 1.82) is 0 Å². The van der Waals surface area contributed by atoms with Crippen LogP contribution in [0.4, 0.5) is 0 Å². The number of para-hydroxylation sites is 1. The summed E-state index contributed by atoms with van der Waals surface area (Å²) in [5.41, 5.74) is 1.21. The number of amides is 1. The molecule has 0 aliphatic heterocycles. The summed E-state index contributed by atoms with van der Waals surface area (Å²) in [6, 6.07) is 12.5. The molecule has 9 heteroatoms. The zero-order valence-electron chi connectivity index (χ0n) is 17.1. The average molecular weight is 429 g/mol. The molecule has 0 saturated carbocycles. The standard InChI is InChI=1S/C22H23NO8/c1-27-13-30-18-6-4-3-5-14(18)11-29-12-17(22(25)26)23-21(24)20-10-15-9-16(28-2)7-8-19(15)31-20/h3-10,17H,11-13H2,1-2H3,(H,23,24)(H,25,26). The van der Waals surface area contributed by atoms with Gasteiger partial charge in [0.05, 0.1) is 20.3 Å². The number of nitrogens with one attached hydrogen (secondary N) is 1. The van der Waals surface area contributed by atoms with Gasteiger partial charge in [0.1, 0.15) is 17.1 Å².